The van der Waals surface area contributed by atoms with Gasteiger partial charge in [0.25, 0.3) is 11.9 Å². The molecule has 3 nitrogen and oxygen atoms in total. The molecule has 0 aliphatic carbocycles. The molecule has 0 saturated heterocycles. The van der Waals surface area contributed by atoms with Gasteiger partial charge in [0.15, 0.2) is 5.69 Å². The molecule has 110 valence electrons. The van der Waals surface area contributed by atoms with Gasteiger partial charge in [0.1, 0.15) is 0 Å². The monoisotopic (exact) mass is 297 g/mol. The molecule has 21 heavy (non-hydrogen) atoms. The van der Waals surface area contributed by atoms with Crippen molar-refractivity contribution in [2.45, 2.75) is 20.8 Å². The zero-order chi connectivity index (χ0) is 15.7. The van der Waals surface area contributed by atoms with E-state index < -0.39 is 29.2 Å². The largest absolute Gasteiger partial charge is 0.254 e. The second-order valence-electron chi connectivity index (χ2n) is 4.62. The van der Waals surface area contributed by atoms with E-state index in [0.29, 0.717) is 5.69 Å². The topological polar surface area (TPSA) is 37.6 Å². The van der Waals surface area contributed by atoms with Gasteiger partial charge in [-0.1, -0.05) is 17.7 Å². The first-order valence-corrected chi connectivity index (χ1v) is 6.01. The summed E-state index contributed by atoms with van der Waals surface area (Å²) in [6, 6.07) is 3.61. The van der Waals surface area contributed by atoms with Crippen molar-refractivity contribution in [1.29, 1.82) is 0 Å². The number of halogens is 4. The van der Waals surface area contributed by atoms with Crippen LogP contribution in [0.3, 0.4) is 0 Å². The van der Waals surface area contributed by atoms with Crippen molar-refractivity contribution in [3.63, 3.8) is 0 Å². The van der Waals surface area contributed by atoms with E-state index in [1.54, 1.807) is 13.8 Å². The molecule has 0 unspecified atom stereocenters. The fourth-order valence-corrected chi connectivity index (χ4v) is 1.99. The normalized spacial score (nSPS) is 11.4. The van der Waals surface area contributed by atoms with Crippen LogP contribution in [0.2, 0.25) is 0 Å². The van der Waals surface area contributed by atoms with Crippen molar-refractivity contribution in [2.75, 3.05) is 0 Å². The summed E-state index contributed by atoms with van der Waals surface area (Å²) in [5.74, 6) is -6.89. The van der Waals surface area contributed by atoms with E-state index in [1.165, 1.54) is 0 Å². The average Bonchev–Trinajstić information content (AvgIpc) is 2.38. The van der Waals surface area contributed by atoms with E-state index in [9.17, 15) is 17.6 Å². The number of azo groups is 1. The van der Waals surface area contributed by atoms with Crippen LogP contribution in [0.25, 0.3) is 0 Å². The molecular formula is C14H11F4N3. The average molecular weight is 297 g/mol. The van der Waals surface area contributed by atoms with Gasteiger partial charge in [0.2, 0.25) is 11.6 Å². The SMILES string of the molecule is Cc1cc(C)c(N=Nc2c(F)c(F)nc(F)c2F)c(C)c1. The first kappa shape index (κ1) is 15.1. The minimum absolute atomic E-state index is 0.386. The lowest BCUT2D eigenvalue weighted by Crippen LogP contribution is -1.98. The summed E-state index contributed by atoms with van der Waals surface area (Å²) in [4.78, 5) is 2.45. The zero-order valence-electron chi connectivity index (χ0n) is 11.5. The standard InChI is InChI=1S/C14H11F4N3/c1-6-4-7(2)11(8(3)5-6)20-21-12-9(15)13(17)19-14(18)10(12)16/h4-5H,1-3H3. The molecule has 0 bridgehead atoms. The molecule has 0 N–H and O–H groups in total. The third-order valence-electron chi connectivity index (χ3n) is 2.86. The summed E-state index contributed by atoms with van der Waals surface area (Å²) in [7, 11) is 0. The molecule has 0 aliphatic heterocycles. The first-order chi connectivity index (χ1) is 9.81. The third-order valence-corrected chi connectivity index (χ3v) is 2.86. The van der Waals surface area contributed by atoms with Crippen LogP contribution in [0.5, 0.6) is 0 Å². The van der Waals surface area contributed by atoms with Gasteiger partial charge in [-0.05, 0) is 31.9 Å². The minimum Gasteiger partial charge on any atom is -0.199 e. The number of hydrogen-bond donors (Lipinski definition) is 0. The van der Waals surface area contributed by atoms with Crippen molar-refractivity contribution >= 4 is 11.4 Å². The number of aryl methyl sites for hydroxylation is 3. The molecule has 2 rings (SSSR count). The molecule has 0 radical (unpaired) electrons. The van der Waals surface area contributed by atoms with Crippen LogP contribution < -0.4 is 0 Å². The van der Waals surface area contributed by atoms with Gasteiger partial charge >= 0.3 is 0 Å². The Labute approximate surface area is 118 Å². The van der Waals surface area contributed by atoms with Crippen molar-refractivity contribution in [3.8, 4) is 0 Å². The fraction of sp³-hybridized carbons (Fsp3) is 0.214. The summed E-state index contributed by atoms with van der Waals surface area (Å²) in [5.41, 5.74) is 1.69. The van der Waals surface area contributed by atoms with Gasteiger partial charge in [-0.2, -0.15) is 22.5 Å². The Bertz CT molecular complexity index is 692. The highest BCUT2D eigenvalue weighted by molar-refractivity contribution is 5.53. The van der Waals surface area contributed by atoms with Crippen molar-refractivity contribution < 1.29 is 17.6 Å². The molecule has 0 amide bonds. The van der Waals surface area contributed by atoms with Crippen LogP contribution in [-0.4, -0.2) is 4.98 Å². The number of pyridine rings is 1. The van der Waals surface area contributed by atoms with E-state index in [2.05, 4.69) is 15.2 Å². The molecule has 7 heteroatoms. The van der Waals surface area contributed by atoms with Crippen LogP contribution in [0.4, 0.5) is 28.9 Å². The Morgan fingerprint density at radius 2 is 1.19 bits per heavy atom. The quantitative estimate of drug-likeness (QED) is 0.437. The maximum Gasteiger partial charge on any atom is 0.254 e. The number of aromatic nitrogens is 1. The molecule has 1 aromatic carbocycles. The van der Waals surface area contributed by atoms with E-state index in [0.717, 1.165) is 16.7 Å². The van der Waals surface area contributed by atoms with Gasteiger partial charge in [0, 0.05) is 0 Å². The molecule has 0 atom stereocenters. The van der Waals surface area contributed by atoms with Crippen molar-refractivity contribution in [3.05, 3.63) is 52.4 Å². The lowest BCUT2D eigenvalue weighted by Gasteiger charge is -2.05. The lowest BCUT2D eigenvalue weighted by atomic mass is 10.1. The minimum atomic E-state index is -1.76. The molecule has 1 heterocycles. The Balaban J connectivity index is 2.53. The summed E-state index contributed by atoms with van der Waals surface area (Å²) >= 11 is 0. The third kappa shape index (κ3) is 2.91. The van der Waals surface area contributed by atoms with Gasteiger partial charge in [-0.15, -0.1) is 10.2 Å². The summed E-state index contributed by atoms with van der Waals surface area (Å²) in [6.07, 6.45) is 0. The van der Waals surface area contributed by atoms with E-state index in [1.807, 2.05) is 19.1 Å². The van der Waals surface area contributed by atoms with Gasteiger partial charge in [-0.25, -0.2) is 0 Å². The second kappa shape index (κ2) is 5.59. The molecule has 0 fully saturated rings. The zero-order valence-corrected chi connectivity index (χ0v) is 11.5. The number of rotatable bonds is 2. The molecule has 0 aliphatic rings. The van der Waals surface area contributed by atoms with Crippen LogP contribution >= 0.6 is 0 Å². The molecule has 2 aromatic rings. The number of hydrogen-bond acceptors (Lipinski definition) is 3. The summed E-state index contributed by atoms with van der Waals surface area (Å²) < 4.78 is 52.8. The van der Waals surface area contributed by atoms with E-state index in [-0.39, 0.29) is 0 Å². The van der Waals surface area contributed by atoms with Gasteiger partial charge in [-0.3, -0.25) is 0 Å². The van der Waals surface area contributed by atoms with Crippen LogP contribution in [0.15, 0.2) is 22.4 Å². The van der Waals surface area contributed by atoms with Crippen LogP contribution in [-0.2, 0) is 0 Å². The molecule has 0 saturated carbocycles. The molecular weight excluding hydrogens is 286 g/mol. The Morgan fingerprint density at radius 3 is 1.67 bits per heavy atom. The second-order valence-corrected chi connectivity index (χ2v) is 4.62. The highest BCUT2D eigenvalue weighted by atomic mass is 19.2. The Hall–Kier alpha value is -2.31. The highest BCUT2D eigenvalue weighted by Crippen LogP contribution is 2.30. The number of benzene rings is 1. The van der Waals surface area contributed by atoms with E-state index in [4.69, 9.17) is 0 Å². The number of nitrogens with zero attached hydrogens (tertiary/aromatic N) is 3. The maximum atomic E-state index is 13.4. The predicted octanol–water partition coefficient (Wildman–Crippen LogP) is 4.98. The molecule has 1 aromatic heterocycles. The van der Waals surface area contributed by atoms with E-state index >= 15 is 0 Å². The highest BCUT2D eigenvalue weighted by Gasteiger charge is 2.20. The summed E-state index contributed by atoms with van der Waals surface area (Å²) in [6.45, 7) is 5.37. The smallest absolute Gasteiger partial charge is 0.199 e. The summed E-state index contributed by atoms with van der Waals surface area (Å²) in [5, 5.41) is 7.01. The lowest BCUT2D eigenvalue weighted by molar-refractivity contribution is 0.409. The van der Waals surface area contributed by atoms with Crippen LogP contribution in [0.1, 0.15) is 16.7 Å². The first-order valence-electron chi connectivity index (χ1n) is 6.01. The Morgan fingerprint density at radius 1 is 0.762 bits per heavy atom. The Kier molecular flexibility index (Phi) is 4.02. The van der Waals surface area contributed by atoms with Crippen molar-refractivity contribution in [2.24, 2.45) is 10.2 Å². The van der Waals surface area contributed by atoms with Crippen molar-refractivity contribution in [1.82, 2.24) is 4.98 Å². The van der Waals surface area contributed by atoms with Crippen LogP contribution in [0, 0.1) is 44.3 Å². The van der Waals surface area contributed by atoms with Gasteiger partial charge in [0.05, 0.1) is 5.69 Å². The fourth-order valence-electron chi connectivity index (χ4n) is 1.99. The maximum absolute atomic E-state index is 13.4. The molecule has 0 spiro atoms. The predicted molar refractivity (Wildman–Crippen MR) is 68.9 cm³/mol. The van der Waals surface area contributed by atoms with Gasteiger partial charge < -0.3 is 0 Å².